The Morgan fingerprint density at radius 2 is 1.88 bits per heavy atom. The molecule has 0 radical (unpaired) electrons. The molecule has 0 spiro atoms. The zero-order chi connectivity index (χ0) is 17.9. The molecule has 126 valence electrons. The Morgan fingerprint density at radius 1 is 1.12 bits per heavy atom. The number of benzene rings is 1. The van der Waals surface area contributed by atoms with Gasteiger partial charge in [0.25, 0.3) is 5.91 Å². The van der Waals surface area contributed by atoms with Crippen LogP contribution in [0.25, 0.3) is 11.0 Å². The highest BCUT2D eigenvalue weighted by Crippen LogP contribution is 2.31. The van der Waals surface area contributed by atoms with E-state index < -0.39 is 23.3 Å². The highest BCUT2D eigenvalue weighted by molar-refractivity contribution is 5.98. The molecule has 25 heavy (non-hydrogen) atoms. The molecule has 0 aliphatic carbocycles. The molecule has 0 unspecified atom stereocenters. The number of pyridine rings is 2. The average Bonchev–Trinajstić information content (AvgIpc) is 2.60. The van der Waals surface area contributed by atoms with E-state index in [1.807, 2.05) is 0 Å². The predicted octanol–water partition coefficient (Wildman–Crippen LogP) is 3.41. The second-order valence-corrected chi connectivity index (χ2v) is 5.04. The van der Waals surface area contributed by atoms with Gasteiger partial charge in [-0.1, -0.05) is 30.3 Å². The number of amides is 1. The number of nitrogens with zero attached hydrogens (tertiary/aromatic N) is 3. The van der Waals surface area contributed by atoms with Gasteiger partial charge in [-0.2, -0.15) is 18.3 Å². The molecule has 3 rings (SSSR count). The van der Waals surface area contributed by atoms with Crippen LogP contribution in [0.2, 0.25) is 0 Å². The number of hydrogen-bond acceptors (Lipinski definition) is 4. The Balaban J connectivity index is 1.93. The van der Waals surface area contributed by atoms with Crippen LogP contribution >= 0.6 is 0 Å². The van der Waals surface area contributed by atoms with Crippen LogP contribution in [-0.2, 0) is 6.18 Å². The molecule has 0 aliphatic rings. The number of nitrogens with one attached hydrogen (secondary N) is 1. The second-order valence-electron chi connectivity index (χ2n) is 5.04. The maximum Gasteiger partial charge on any atom is 0.434 e. The van der Waals surface area contributed by atoms with E-state index in [1.165, 1.54) is 18.5 Å². The molecule has 2 aromatic heterocycles. The van der Waals surface area contributed by atoms with E-state index in [2.05, 4.69) is 20.5 Å². The first-order chi connectivity index (χ1) is 11.9. The molecular formula is C17H11F3N4O. The number of alkyl halides is 3. The van der Waals surface area contributed by atoms with E-state index in [-0.39, 0.29) is 5.65 Å². The molecule has 2 heterocycles. The molecule has 0 aliphatic heterocycles. The number of hydrogen-bond donors (Lipinski definition) is 1. The Hall–Kier alpha value is -3.29. The second kappa shape index (κ2) is 6.68. The molecule has 8 heteroatoms. The number of aromatic nitrogens is 2. The van der Waals surface area contributed by atoms with Gasteiger partial charge in [0.2, 0.25) is 0 Å². The van der Waals surface area contributed by atoms with Gasteiger partial charge >= 0.3 is 6.18 Å². The van der Waals surface area contributed by atoms with Gasteiger partial charge in [0.05, 0.1) is 11.8 Å². The van der Waals surface area contributed by atoms with Crippen LogP contribution in [0.3, 0.4) is 0 Å². The lowest BCUT2D eigenvalue weighted by Crippen LogP contribution is -2.23. The van der Waals surface area contributed by atoms with Gasteiger partial charge in [-0.25, -0.2) is 15.4 Å². The van der Waals surface area contributed by atoms with Gasteiger partial charge in [0, 0.05) is 11.6 Å². The summed E-state index contributed by atoms with van der Waals surface area (Å²) in [5.41, 5.74) is 0.792. The smallest absolute Gasteiger partial charge is 0.267 e. The lowest BCUT2D eigenvalue weighted by molar-refractivity contribution is -0.141. The minimum absolute atomic E-state index is 0.0841. The van der Waals surface area contributed by atoms with E-state index in [0.717, 1.165) is 6.07 Å². The van der Waals surface area contributed by atoms with Crippen molar-refractivity contribution in [2.75, 3.05) is 0 Å². The van der Waals surface area contributed by atoms with Gasteiger partial charge < -0.3 is 0 Å². The van der Waals surface area contributed by atoms with Crippen LogP contribution in [0.1, 0.15) is 21.6 Å². The number of halogens is 3. The third-order valence-corrected chi connectivity index (χ3v) is 3.28. The number of fused-ring (bicyclic) bond motifs is 1. The van der Waals surface area contributed by atoms with Gasteiger partial charge in [-0.3, -0.25) is 4.79 Å². The summed E-state index contributed by atoms with van der Waals surface area (Å²) in [5.74, 6) is -1.00. The van der Waals surface area contributed by atoms with E-state index in [0.29, 0.717) is 10.9 Å². The van der Waals surface area contributed by atoms with Crippen molar-refractivity contribution in [2.24, 2.45) is 5.10 Å². The van der Waals surface area contributed by atoms with Crippen LogP contribution in [0.4, 0.5) is 13.2 Å². The Bertz CT molecular complexity index is 940. The third-order valence-electron chi connectivity index (χ3n) is 3.28. The maximum absolute atomic E-state index is 13.2. The van der Waals surface area contributed by atoms with E-state index >= 15 is 0 Å². The van der Waals surface area contributed by atoms with E-state index in [4.69, 9.17) is 0 Å². The standard InChI is InChI=1S/C17H11F3N4O/c18-17(19,20)14-13(9-12-7-4-8-21-15(12)23-14)16(25)24-22-10-11-5-2-1-3-6-11/h1-10H,(H,24,25)/b22-10+. The van der Waals surface area contributed by atoms with Crippen molar-refractivity contribution in [2.45, 2.75) is 6.18 Å². The monoisotopic (exact) mass is 344 g/mol. The highest BCUT2D eigenvalue weighted by atomic mass is 19.4. The van der Waals surface area contributed by atoms with Crippen LogP contribution in [0.5, 0.6) is 0 Å². The molecule has 1 aromatic carbocycles. The summed E-state index contributed by atoms with van der Waals surface area (Å²) >= 11 is 0. The molecule has 0 saturated carbocycles. The minimum Gasteiger partial charge on any atom is -0.267 e. The van der Waals surface area contributed by atoms with Crippen LogP contribution in [0.15, 0.2) is 59.8 Å². The van der Waals surface area contributed by atoms with Gasteiger partial charge in [-0.15, -0.1) is 0 Å². The molecule has 0 atom stereocenters. The fourth-order valence-corrected chi connectivity index (χ4v) is 2.16. The Labute approximate surface area is 140 Å². The zero-order valence-corrected chi connectivity index (χ0v) is 12.7. The molecule has 0 saturated heterocycles. The molecule has 0 bridgehead atoms. The Kier molecular flexibility index (Phi) is 4.42. The van der Waals surface area contributed by atoms with E-state index in [1.54, 1.807) is 36.4 Å². The fraction of sp³-hybridized carbons (Fsp3) is 0.0588. The summed E-state index contributed by atoms with van der Waals surface area (Å²) in [6.07, 6.45) is -2.12. The summed E-state index contributed by atoms with van der Waals surface area (Å²) in [6, 6.07) is 13.0. The number of carbonyl (C=O) groups is 1. The molecule has 1 N–H and O–H groups in total. The van der Waals surface area contributed by atoms with Crippen molar-refractivity contribution in [1.82, 2.24) is 15.4 Å². The molecule has 3 aromatic rings. The largest absolute Gasteiger partial charge is 0.434 e. The first-order valence-corrected chi connectivity index (χ1v) is 7.16. The quantitative estimate of drug-likeness (QED) is 0.585. The van der Waals surface area contributed by atoms with Gasteiger partial charge in [-0.05, 0) is 23.8 Å². The number of carbonyl (C=O) groups excluding carboxylic acids is 1. The van der Waals surface area contributed by atoms with Crippen LogP contribution in [-0.4, -0.2) is 22.1 Å². The molecule has 1 amide bonds. The predicted molar refractivity (Wildman–Crippen MR) is 86.0 cm³/mol. The van der Waals surface area contributed by atoms with Gasteiger partial charge in [0.1, 0.15) is 0 Å². The number of hydrazone groups is 1. The van der Waals surface area contributed by atoms with Crippen molar-refractivity contribution < 1.29 is 18.0 Å². The summed E-state index contributed by atoms with van der Waals surface area (Å²) in [6.45, 7) is 0. The number of rotatable bonds is 3. The van der Waals surface area contributed by atoms with Crippen LogP contribution in [0, 0.1) is 0 Å². The topological polar surface area (TPSA) is 67.2 Å². The lowest BCUT2D eigenvalue weighted by atomic mass is 10.1. The molecule has 5 nitrogen and oxygen atoms in total. The molecule has 0 fully saturated rings. The first kappa shape index (κ1) is 16.6. The average molecular weight is 344 g/mol. The maximum atomic E-state index is 13.2. The van der Waals surface area contributed by atoms with Crippen molar-refractivity contribution in [1.29, 1.82) is 0 Å². The van der Waals surface area contributed by atoms with Crippen molar-refractivity contribution >= 4 is 23.2 Å². The van der Waals surface area contributed by atoms with Crippen molar-refractivity contribution in [3.63, 3.8) is 0 Å². The summed E-state index contributed by atoms with van der Waals surface area (Å²) in [4.78, 5) is 19.4. The molecular weight excluding hydrogens is 333 g/mol. The van der Waals surface area contributed by atoms with Crippen molar-refractivity contribution in [3.8, 4) is 0 Å². The normalized spacial score (nSPS) is 11.8. The van der Waals surface area contributed by atoms with Crippen molar-refractivity contribution in [3.05, 3.63) is 71.5 Å². The SMILES string of the molecule is O=C(N/N=C/c1ccccc1)c1cc2cccnc2nc1C(F)(F)F. The highest BCUT2D eigenvalue weighted by Gasteiger charge is 2.37. The minimum atomic E-state index is -4.79. The van der Waals surface area contributed by atoms with Gasteiger partial charge in [0.15, 0.2) is 11.3 Å². The summed E-state index contributed by atoms with van der Waals surface area (Å²) in [7, 11) is 0. The fourth-order valence-electron chi connectivity index (χ4n) is 2.16. The summed E-state index contributed by atoms with van der Waals surface area (Å²) < 4.78 is 39.6. The first-order valence-electron chi connectivity index (χ1n) is 7.16. The zero-order valence-electron chi connectivity index (χ0n) is 12.7. The third kappa shape index (κ3) is 3.79. The lowest BCUT2D eigenvalue weighted by Gasteiger charge is -2.11. The van der Waals surface area contributed by atoms with Crippen LogP contribution < -0.4 is 5.43 Å². The summed E-state index contributed by atoms with van der Waals surface area (Å²) in [5, 5.41) is 4.01. The Morgan fingerprint density at radius 3 is 2.60 bits per heavy atom. The van der Waals surface area contributed by atoms with E-state index in [9.17, 15) is 18.0 Å².